The molecule has 2 atom stereocenters. The number of rotatable bonds is 6. The molecule has 2 aromatic heterocycles. The number of aromatic nitrogens is 1. The lowest BCUT2D eigenvalue weighted by Crippen LogP contribution is -2.41. The lowest BCUT2D eigenvalue weighted by molar-refractivity contribution is 0.114. The highest BCUT2D eigenvalue weighted by molar-refractivity contribution is 7.80. The Hall–Kier alpha value is -1.89. The summed E-state index contributed by atoms with van der Waals surface area (Å²) in [5.74, 6) is 0.258. The first-order chi connectivity index (χ1) is 12.8. The summed E-state index contributed by atoms with van der Waals surface area (Å²) >= 11 is 7.27. The van der Waals surface area contributed by atoms with Crippen LogP contribution in [0.5, 0.6) is 0 Å². The van der Waals surface area contributed by atoms with Crippen LogP contribution in [-0.4, -0.2) is 35.9 Å². The Morgan fingerprint density at radius 3 is 3.00 bits per heavy atom. The van der Waals surface area contributed by atoms with Gasteiger partial charge < -0.3 is 20.4 Å². The van der Waals surface area contributed by atoms with Crippen molar-refractivity contribution >= 4 is 39.6 Å². The van der Waals surface area contributed by atoms with Gasteiger partial charge in [0.2, 0.25) is 0 Å². The van der Waals surface area contributed by atoms with E-state index in [1.165, 1.54) is 21.3 Å². The van der Waals surface area contributed by atoms with Gasteiger partial charge in [0.05, 0.1) is 6.10 Å². The largest absolute Gasteiger partial charge is 0.376 e. The van der Waals surface area contributed by atoms with Gasteiger partial charge in [-0.05, 0) is 48.1 Å². The second kappa shape index (κ2) is 8.20. The van der Waals surface area contributed by atoms with Crippen LogP contribution in [0.25, 0.3) is 10.9 Å². The Bertz CT molecular complexity index is 853. The first-order valence-corrected chi connectivity index (χ1v) is 10.3. The molecule has 0 radical (unpaired) electrons. The average molecular weight is 386 g/mol. The summed E-state index contributed by atoms with van der Waals surface area (Å²) in [6.07, 6.45) is 4.67. The monoisotopic (exact) mass is 385 g/mol. The summed E-state index contributed by atoms with van der Waals surface area (Å²) in [7, 11) is 0. The summed E-state index contributed by atoms with van der Waals surface area (Å²) in [6, 6.07) is 12.7. The molecule has 26 heavy (non-hydrogen) atoms. The predicted octanol–water partition coefficient (Wildman–Crippen LogP) is 4.00. The molecule has 136 valence electrons. The number of H-pyrrole nitrogens is 1. The molecule has 0 spiro atoms. The highest BCUT2D eigenvalue weighted by Crippen LogP contribution is 2.32. The highest BCUT2D eigenvalue weighted by Gasteiger charge is 2.20. The van der Waals surface area contributed by atoms with Crippen LogP contribution in [0.4, 0.5) is 0 Å². The minimum absolute atomic E-state index is 0.258. The zero-order valence-electron chi connectivity index (χ0n) is 14.5. The minimum Gasteiger partial charge on any atom is -0.376 e. The van der Waals surface area contributed by atoms with Gasteiger partial charge in [-0.25, -0.2) is 0 Å². The Balaban J connectivity index is 1.45. The van der Waals surface area contributed by atoms with Crippen LogP contribution in [0.1, 0.15) is 29.2 Å². The SMILES string of the molecule is S=C(NCC1CCCO1)NCC(c1cccs1)c1c[nH]c2ccccc12. The molecule has 1 saturated heterocycles. The molecule has 4 rings (SSSR count). The van der Waals surface area contributed by atoms with E-state index in [1.54, 1.807) is 11.3 Å². The molecular weight excluding hydrogens is 362 g/mol. The van der Waals surface area contributed by atoms with E-state index < -0.39 is 0 Å². The van der Waals surface area contributed by atoms with Crippen molar-refractivity contribution < 1.29 is 4.74 Å². The van der Waals surface area contributed by atoms with Crippen LogP contribution >= 0.6 is 23.6 Å². The molecule has 1 aliphatic rings. The summed E-state index contributed by atoms with van der Waals surface area (Å²) < 4.78 is 5.64. The maximum atomic E-state index is 5.64. The maximum Gasteiger partial charge on any atom is 0.166 e. The summed E-state index contributed by atoms with van der Waals surface area (Å²) in [4.78, 5) is 4.73. The Morgan fingerprint density at radius 1 is 1.27 bits per heavy atom. The van der Waals surface area contributed by atoms with Crippen molar-refractivity contribution in [3.63, 3.8) is 0 Å². The van der Waals surface area contributed by atoms with Gasteiger partial charge in [-0.15, -0.1) is 11.3 Å². The molecule has 0 bridgehead atoms. The molecule has 0 saturated carbocycles. The van der Waals surface area contributed by atoms with Gasteiger partial charge in [0, 0.05) is 47.6 Å². The van der Waals surface area contributed by atoms with Gasteiger partial charge in [-0.3, -0.25) is 0 Å². The second-order valence-corrected chi connectivity index (χ2v) is 7.97. The minimum atomic E-state index is 0.258. The van der Waals surface area contributed by atoms with Crippen LogP contribution in [0.3, 0.4) is 0 Å². The molecule has 1 aliphatic heterocycles. The van der Waals surface area contributed by atoms with Crippen LogP contribution in [-0.2, 0) is 4.74 Å². The first-order valence-electron chi connectivity index (χ1n) is 9.04. The molecule has 3 N–H and O–H groups in total. The average Bonchev–Trinajstić information content (AvgIpc) is 3.42. The molecule has 6 heteroatoms. The third-order valence-corrected chi connectivity index (χ3v) is 6.14. The van der Waals surface area contributed by atoms with Crippen LogP contribution < -0.4 is 10.6 Å². The smallest absolute Gasteiger partial charge is 0.166 e. The molecule has 3 heterocycles. The molecule has 0 aliphatic carbocycles. The summed E-state index contributed by atoms with van der Waals surface area (Å²) in [6.45, 7) is 2.41. The molecule has 1 fully saturated rings. The van der Waals surface area contributed by atoms with Crippen molar-refractivity contribution in [2.45, 2.75) is 24.9 Å². The van der Waals surface area contributed by atoms with E-state index in [2.05, 4.69) is 63.6 Å². The molecule has 4 nitrogen and oxygen atoms in total. The Labute approximate surface area is 163 Å². The van der Waals surface area contributed by atoms with E-state index >= 15 is 0 Å². The van der Waals surface area contributed by atoms with Crippen molar-refractivity contribution in [1.82, 2.24) is 15.6 Å². The summed E-state index contributed by atoms with van der Waals surface area (Å²) in [5.41, 5.74) is 2.47. The fraction of sp³-hybridized carbons (Fsp3) is 0.350. The van der Waals surface area contributed by atoms with Crippen molar-refractivity contribution in [3.8, 4) is 0 Å². The standard InChI is InChI=1S/C20H23N3OS2/c25-20(22-11-14-5-3-9-24-14)23-13-17(19-8-4-10-26-19)16-12-21-18-7-2-1-6-15(16)18/h1-2,4,6-8,10,12,14,17,21H,3,5,9,11,13H2,(H2,22,23,25). The van der Waals surface area contributed by atoms with Gasteiger partial charge in [0.25, 0.3) is 0 Å². The van der Waals surface area contributed by atoms with Crippen molar-refractivity contribution in [3.05, 3.63) is 58.4 Å². The van der Waals surface area contributed by atoms with Crippen LogP contribution in [0.2, 0.25) is 0 Å². The van der Waals surface area contributed by atoms with Gasteiger partial charge in [0.1, 0.15) is 0 Å². The van der Waals surface area contributed by atoms with E-state index in [9.17, 15) is 0 Å². The van der Waals surface area contributed by atoms with Gasteiger partial charge in [-0.2, -0.15) is 0 Å². The number of hydrogen-bond acceptors (Lipinski definition) is 3. The molecule has 2 unspecified atom stereocenters. The number of fused-ring (bicyclic) bond motifs is 1. The maximum absolute atomic E-state index is 5.64. The zero-order valence-corrected chi connectivity index (χ0v) is 16.2. The topological polar surface area (TPSA) is 49.1 Å². The number of aromatic amines is 1. The fourth-order valence-electron chi connectivity index (χ4n) is 3.50. The number of nitrogens with one attached hydrogen (secondary N) is 3. The van der Waals surface area contributed by atoms with Crippen molar-refractivity contribution in [1.29, 1.82) is 0 Å². The normalized spacial score (nSPS) is 18.1. The number of thiocarbonyl (C=S) groups is 1. The zero-order chi connectivity index (χ0) is 17.8. The Morgan fingerprint density at radius 2 is 2.19 bits per heavy atom. The van der Waals surface area contributed by atoms with E-state index in [0.29, 0.717) is 5.11 Å². The predicted molar refractivity (Wildman–Crippen MR) is 112 cm³/mol. The van der Waals surface area contributed by atoms with Gasteiger partial charge in [0.15, 0.2) is 5.11 Å². The Kier molecular flexibility index (Phi) is 5.53. The second-order valence-electron chi connectivity index (χ2n) is 6.58. The first kappa shape index (κ1) is 17.5. The van der Waals surface area contributed by atoms with E-state index in [-0.39, 0.29) is 12.0 Å². The number of benzene rings is 1. The molecular formula is C20H23N3OS2. The van der Waals surface area contributed by atoms with Gasteiger partial charge in [-0.1, -0.05) is 24.3 Å². The van der Waals surface area contributed by atoms with E-state index in [4.69, 9.17) is 17.0 Å². The lowest BCUT2D eigenvalue weighted by atomic mass is 9.97. The molecule has 3 aromatic rings. The van der Waals surface area contributed by atoms with Crippen LogP contribution in [0.15, 0.2) is 48.0 Å². The number of para-hydroxylation sites is 1. The fourth-order valence-corrected chi connectivity index (χ4v) is 4.52. The van der Waals surface area contributed by atoms with E-state index in [1.807, 2.05) is 0 Å². The van der Waals surface area contributed by atoms with Crippen molar-refractivity contribution in [2.24, 2.45) is 0 Å². The highest BCUT2D eigenvalue weighted by atomic mass is 32.1. The lowest BCUT2D eigenvalue weighted by Gasteiger charge is -2.19. The third-order valence-electron chi connectivity index (χ3n) is 4.86. The number of ether oxygens (including phenoxy) is 1. The molecule has 1 aromatic carbocycles. The quantitative estimate of drug-likeness (QED) is 0.561. The van der Waals surface area contributed by atoms with Crippen LogP contribution in [0, 0.1) is 0 Å². The summed E-state index contributed by atoms with van der Waals surface area (Å²) in [5, 5.41) is 10.8. The molecule has 0 amide bonds. The van der Waals surface area contributed by atoms with Crippen molar-refractivity contribution in [2.75, 3.05) is 19.7 Å². The number of hydrogen-bond donors (Lipinski definition) is 3. The number of thiophene rings is 1. The van der Waals surface area contributed by atoms with Gasteiger partial charge >= 0.3 is 0 Å². The van der Waals surface area contributed by atoms with E-state index in [0.717, 1.165) is 32.5 Å². The third kappa shape index (κ3) is 3.92.